The largest absolute Gasteiger partial charge is 0.378 e. The zero-order valence-electron chi connectivity index (χ0n) is 12.7. The molecule has 2 unspecified atom stereocenters. The fraction of sp³-hybridized carbons (Fsp3) is 0.688. The molecule has 0 radical (unpaired) electrons. The van der Waals surface area contributed by atoms with Crippen LogP contribution in [0.3, 0.4) is 0 Å². The molecule has 2 aliphatic heterocycles. The molecule has 1 spiro atoms. The summed E-state index contributed by atoms with van der Waals surface area (Å²) in [6, 6.07) is 1.88. The molecule has 0 bridgehead atoms. The number of aromatic nitrogens is 2. The van der Waals surface area contributed by atoms with Crippen molar-refractivity contribution in [3.63, 3.8) is 0 Å². The van der Waals surface area contributed by atoms with Crippen molar-refractivity contribution in [1.29, 1.82) is 0 Å². The van der Waals surface area contributed by atoms with Gasteiger partial charge < -0.3 is 9.47 Å². The fourth-order valence-corrected chi connectivity index (χ4v) is 3.32. The molecular weight excluding hydrogens is 268 g/mol. The van der Waals surface area contributed by atoms with Crippen molar-refractivity contribution in [2.24, 2.45) is 5.92 Å². The first-order valence-corrected chi connectivity index (χ1v) is 7.73. The van der Waals surface area contributed by atoms with E-state index in [1.54, 1.807) is 0 Å². The van der Waals surface area contributed by atoms with Crippen LogP contribution in [0.1, 0.15) is 47.9 Å². The molecule has 0 N–H and O–H groups in total. The fourth-order valence-electron chi connectivity index (χ4n) is 3.32. The maximum Gasteiger partial charge on any atom is 0.168 e. The molecule has 1 aromatic heterocycles. The van der Waals surface area contributed by atoms with E-state index in [2.05, 4.69) is 10.2 Å². The normalized spacial score (nSPS) is 29.0. The van der Waals surface area contributed by atoms with Gasteiger partial charge in [-0.05, 0) is 32.3 Å². The number of carbonyl (C=O) groups excluding carboxylic acids is 1. The Hall–Kier alpha value is -1.33. The van der Waals surface area contributed by atoms with Crippen molar-refractivity contribution < 1.29 is 14.3 Å². The number of ketones is 1. The van der Waals surface area contributed by atoms with E-state index in [-0.39, 0.29) is 17.3 Å². The van der Waals surface area contributed by atoms with Crippen molar-refractivity contribution >= 4 is 5.78 Å². The smallest absolute Gasteiger partial charge is 0.168 e. The molecule has 5 nitrogen and oxygen atoms in total. The molecular formula is C16H22N2O3. The van der Waals surface area contributed by atoms with Crippen LogP contribution in [0.15, 0.2) is 6.07 Å². The van der Waals surface area contributed by atoms with Crippen molar-refractivity contribution in [2.45, 2.75) is 45.1 Å². The lowest BCUT2D eigenvalue weighted by Gasteiger charge is -2.36. The van der Waals surface area contributed by atoms with E-state index in [0.29, 0.717) is 13.2 Å². The minimum absolute atomic E-state index is 0.00866. The summed E-state index contributed by atoms with van der Waals surface area (Å²) in [5.41, 5.74) is 2.10. The second-order valence-corrected chi connectivity index (χ2v) is 6.09. The standard InChI is InChI=1S/C16H22N2O3/c1-3-14-13(8-11(2)17-18-14)15(19)12-4-6-21-16(9-12)5-7-20-10-16/h8,12H,3-7,9-10H2,1-2H3. The van der Waals surface area contributed by atoms with Crippen LogP contribution in [0.5, 0.6) is 0 Å². The highest BCUT2D eigenvalue weighted by molar-refractivity contribution is 5.99. The summed E-state index contributed by atoms with van der Waals surface area (Å²) in [6.45, 7) is 5.87. The summed E-state index contributed by atoms with van der Waals surface area (Å²) in [5.74, 6) is 0.203. The third kappa shape index (κ3) is 2.85. The number of hydrogen-bond acceptors (Lipinski definition) is 5. The van der Waals surface area contributed by atoms with Crippen molar-refractivity contribution in [3.8, 4) is 0 Å². The summed E-state index contributed by atoms with van der Waals surface area (Å²) in [6.07, 6.45) is 3.17. The predicted octanol–water partition coefficient (Wildman–Crippen LogP) is 2.12. The molecule has 3 rings (SSSR count). The lowest BCUT2D eigenvalue weighted by Crippen LogP contribution is -2.42. The van der Waals surface area contributed by atoms with Crippen LogP contribution in [-0.4, -0.2) is 41.4 Å². The van der Waals surface area contributed by atoms with Gasteiger partial charge in [0.1, 0.15) is 0 Å². The molecule has 2 saturated heterocycles. The van der Waals surface area contributed by atoms with Gasteiger partial charge in [0, 0.05) is 31.1 Å². The third-order valence-corrected chi connectivity index (χ3v) is 4.52. The van der Waals surface area contributed by atoms with Crippen LogP contribution in [0.4, 0.5) is 0 Å². The SMILES string of the molecule is CCc1nnc(C)cc1C(=O)C1CCOC2(CCOC2)C1. The highest BCUT2D eigenvalue weighted by Crippen LogP contribution is 2.37. The highest BCUT2D eigenvalue weighted by atomic mass is 16.6. The first-order chi connectivity index (χ1) is 10.1. The number of nitrogens with zero attached hydrogens (tertiary/aromatic N) is 2. The average Bonchev–Trinajstić information content (AvgIpc) is 2.94. The Morgan fingerprint density at radius 2 is 2.29 bits per heavy atom. The minimum Gasteiger partial charge on any atom is -0.378 e. The van der Waals surface area contributed by atoms with Crippen LogP contribution in [0, 0.1) is 12.8 Å². The van der Waals surface area contributed by atoms with E-state index in [1.807, 2.05) is 19.9 Å². The quantitative estimate of drug-likeness (QED) is 0.798. The summed E-state index contributed by atoms with van der Waals surface area (Å²) < 4.78 is 11.4. The van der Waals surface area contributed by atoms with Crippen LogP contribution in [0.25, 0.3) is 0 Å². The summed E-state index contributed by atoms with van der Waals surface area (Å²) in [4.78, 5) is 12.9. The van der Waals surface area contributed by atoms with E-state index in [4.69, 9.17) is 9.47 Å². The molecule has 3 heterocycles. The molecule has 0 aromatic carbocycles. The highest BCUT2D eigenvalue weighted by Gasteiger charge is 2.43. The van der Waals surface area contributed by atoms with Gasteiger partial charge >= 0.3 is 0 Å². The van der Waals surface area contributed by atoms with Gasteiger partial charge in [-0.1, -0.05) is 6.92 Å². The van der Waals surface area contributed by atoms with Gasteiger partial charge in [-0.15, -0.1) is 0 Å². The third-order valence-electron chi connectivity index (χ3n) is 4.52. The number of aryl methyl sites for hydroxylation is 2. The molecule has 2 aliphatic rings. The predicted molar refractivity (Wildman–Crippen MR) is 77.3 cm³/mol. The Bertz CT molecular complexity index is 538. The Kier molecular flexibility index (Phi) is 4.04. The molecule has 21 heavy (non-hydrogen) atoms. The molecule has 0 aliphatic carbocycles. The van der Waals surface area contributed by atoms with E-state index in [1.165, 1.54) is 0 Å². The maximum atomic E-state index is 12.9. The lowest BCUT2D eigenvalue weighted by atomic mass is 9.81. The summed E-state index contributed by atoms with van der Waals surface area (Å²) in [7, 11) is 0. The number of hydrogen-bond donors (Lipinski definition) is 0. The Morgan fingerprint density at radius 1 is 1.43 bits per heavy atom. The van der Waals surface area contributed by atoms with Crippen LogP contribution < -0.4 is 0 Å². The second-order valence-electron chi connectivity index (χ2n) is 6.09. The minimum atomic E-state index is -0.236. The monoisotopic (exact) mass is 290 g/mol. The van der Waals surface area contributed by atoms with Crippen molar-refractivity contribution in [3.05, 3.63) is 23.0 Å². The van der Waals surface area contributed by atoms with Gasteiger partial charge in [-0.3, -0.25) is 4.79 Å². The molecule has 0 amide bonds. The van der Waals surface area contributed by atoms with Gasteiger partial charge in [-0.2, -0.15) is 10.2 Å². The molecule has 1 aromatic rings. The van der Waals surface area contributed by atoms with Gasteiger partial charge in [-0.25, -0.2) is 0 Å². The lowest BCUT2D eigenvalue weighted by molar-refractivity contribution is -0.0920. The van der Waals surface area contributed by atoms with Gasteiger partial charge in [0.25, 0.3) is 0 Å². The molecule has 2 atom stereocenters. The topological polar surface area (TPSA) is 61.3 Å². The van der Waals surface area contributed by atoms with Crippen molar-refractivity contribution in [2.75, 3.05) is 19.8 Å². The Balaban J connectivity index is 1.83. The van der Waals surface area contributed by atoms with Crippen LogP contribution in [-0.2, 0) is 15.9 Å². The summed E-state index contributed by atoms with van der Waals surface area (Å²) in [5, 5.41) is 8.24. The summed E-state index contributed by atoms with van der Waals surface area (Å²) >= 11 is 0. The van der Waals surface area contributed by atoms with Crippen LogP contribution >= 0.6 is 0 Å². The zero-order chi connectivity index (χ0) is 14.9. The van der Waals surface area contributed by atoms with Gasteiger partial charge in [0.2, 0.25) is 0 Å². The Labute approximate surface area is 125 Å². The number of Topliss-reactive ketones (excluding diaryl/α,β-unsaturated/α-hetero) is 1. The Morgan fingerprint density at radius 3 is 3.00 bits per heavy atom. The van der Waals surface area contributed by atoms with Gasteiger partial charge in [0.05, 0.1) is 23.6 Å². The average molecular weight is 290 g/mol. The number of carbonyl (C=O) groups is 1. The maximum absolute atomic E-state index is 12.9. The molecule has 5 heteroatoms. The van der Waals surface area contributed by atoms with E-state index in [0.717, 1.165) is 49.2 Å². The molecule has 0 saturated carbocycles. The second kappa shape index (κ2) is 5.81. The van der Waals surface area contributed by atoms with E-state index >= 15 is 0 Å². The molecule has 114 valence electrons. The van der Waals surface area contributed by atoms with Crippen molar-refractivity contribution in [1.82, 2.24) is 10.2 Å². The first kappa shape index (κ1) is 14.6. The number of rotatable bonds is 3. The van der Waals surface area contributed by atoms with E-state index in [9.17, 15) is 4.79 Å². The van der Waals surface area contributed by atoms with E-state index < -0.39 is 0 Å². The zero-order valence-corrected chi connectivity index (χ0v) is 12.7. The first-order valence-electron chi connectivity index (χ1n) is 7.73. The van der Waals surface area contributed by atoms with Crippen LogP contribution in [0.2, 0.25) is 0 Å². The molecule has 2 fully saturated rings. The van der Waals surface area contributed by atoms with Gasteiger partial charge in [0.15, 0.2) is 5.78 Å². The number of ether oxygens (including phenoxy) is 2.